The van der Waals surface area contributed by atoms with E-state index in [1.165, 1.54) is 12.1 Å². The fourth-order valence-electron chi connectivity index (χ4n) is 1.21. The molecule has 0 aliphatic carbocycles. The molecule has 2 aromatic rings. The second kappa shape index (κ2) is 4.50. The number of anilines is 1. The van der Waals surface area contributed by atoms with Crippen molar-refractivity contribution in [3.8, 4) is 0 Å². The molecule has 0 bridgehead atoms. The van der Waals surface area contributed by atoms with E-state index < -0.39 is 0 Å². The molecule has 0 saturated heterocycles. The third kappa shape index (κ3) is 2.73. The number of nitrogens with one attached hydrogen (secondary N) is 2. The number of tetrazole rings is 1. The lowest BCUT2D eigenvalue weighted by atomic mass is 10.3. The Morgan fingerprint density at radius 2 is 2.33 bits per heavy atom. The Morgan fingerprint density at radius 1 is 1.40 bits per heavy atom. The van der Waals surface area contributed by atoms with Crippen LogP contribution < -0.4 is 5.32 Å². The quantitative estimate of drug-likeness (QED) is 0.784. The first-order valence-corrected chi connectivity index (χ1v) is 4.56. The summed E-state index contributed by atoms with van der Waals surface area (Å²) in [5.41, 5.74) is 0.749. The monoisotopic (exact) mass is 207 g/mol. The average Bonchev–Trinajstić information content (AvgIpc) is 2.71. The van der Waals surface area contributed by atoms with Gasteiger partial charge in [0.1, 0.15) is 5.82 Å². The molecular weight excluding hydrogens is 197 g/mol. The van der Waals surface area contributed by atoms with E-state index in [2.05, 4.69) is 25.9 Å². The Labute approximate surface area is 85.7 Å². The zero-order valence-corrected chi connectivity index (χ0v) is 7.94. The summed E-state index contributed by atoms with van der Waals surface area (Å²) in [6, 6.07) is 6.31. The smallest absolute Gasteiger partial charge is 0.176 e. The van der Waals surface area contributed by atoms with Crippen molar-refractivity contribution in [1.82, 2.24) is 20.6 Å². The maximum absolute atomic E-state index is 12.8. The summed E-state index contributed by atoms with van der Waals surface area (Å²) in [6.07, 6.45) is 0.646. The molecule has 1 aromatic heterocycles. The number of benzene rings is 1. The minimum atomic E-state index is -0.250. The summed E-state index contributed by atoms with van der Waals surface area (Å²) >= 11 is 0. The number of aromatic nitrogens is 4. The van der Waals surface area contributed by atoms with Crippen LogP contribution in [0.3, 0.4) is 0 Å². The third-order valence-electron chi connectivity index (χ3n) is 1.89. The molecule has 0 aliphatic rings. The van der Waals surface area contributed by atoms with Gasteiger partial charge in [-0.2, -0.15) is 5.21 Å². The SMILES string of the molecule is Fc1cccc(NCCc2nn[nH]n2)c1. The van der Waals surface area contributed by atoms with Crippen LogP contribution in [-0.2, 0) is 6.42 Å². The number of hydrogen-bond donors (Lipinski definition) is 2. The lowest BCUT2D eigenvalue weighted by Gasteiger charge is -2.03. The van der Waals surface area contributed by atoms with E-state index >= 15 is 0 Å². The Hall–Kier alpha value is -1.98. The molecule has 1 heterocycles. The number of hydrogen-bond acceptors (Lipinski definition) is 4. The van der Waals surface area contributed by atoms with Crippen LogP contribution in [0.15, 0.2) is 24.3 Å². The Kier molecular flexibility index (Phi) is 2.87. The van der Waals surface area contributed by atoms with Gasteiger partial charge in [0.05, 0.1) is 0 Å². The van der Waals surface area contributed by atoms with Crippen molar-refractivity contribution < 1.29 is 4.39 Å². The highest BCUT2D eigenvalue weighted by Gasteiger charge is 1.98. The second-order valence-corrected chi connectivity index (χ2v) is 3.02. The largest absolute Gasteiger partial charge is 0.385 e. The maximum Gasteiger partial charge on any atom is 0.176 e. The van der Waals surface area contributed by atoms with E-state index in [0.29, 0.717) is 18.8 Å². The molecule has 15 heavy (non-hydrogen) atoms. The molecule has 1 aromatic carbocycles. The number of rotatable bonds is 4. The molecule has 0 unspecified atom stereocenters. The molecule has 2 rings (SSSR count). The van der Waals surface area contributed by atoms with E-state index in [1.807, 2.05) is 0 Å². The first kappa shape index (κ1) is 9.57. The molecule has 78 valence electrons. The molecule has 2 N–H and O–H groups in total. The molecule has 6 heteroatoms. The highest BCUT2D eigenvalue weighted by molar-refractivity contribution is 5.42. The summed E-state index contributed by atoms with van der Waals surface area (Å²) in [4.78, 5) is 0. The summed E-state index contributed by atoms with van der Waals surface area (Å²) in [5, 5.41) is 16.5. The normalized spacial score (nSPS) is 10.2. The van der Waals surface area contributed by atoms with Gasteiger partial charge in [-0.3, -0.25) is 0 Å². The molecule has 0 saturated carbocycles. The van der Waals surface area contributed by atoms with Crippen molar-refractivity contribution in [2.45, 2.75) is 6.42 Å². The topological polar surface area (TPSA) is 66.5 Å². The minimum absolute atomic E-state index is 0.250. The van der Waals surface area contributed by atoms with Crippen molar-refractivity contribution in [3.63, 3.8) is 0 Å². The third-order valence-corrected chi connectivity index (χ3v) is 1.89. The molecule has 0 fully saturated rings. The number of nitrogens with zero attached hydrogens (tertiary/aromatic N) is 3. The predicted molar refractivity (Wildman–Crippen MR) is 52.8 cm³/mol. The molecule has 0 aliphatic heterocycles. The highest BCUT2D eigenvalue weighted by atomic mass is 19.1. The van der Waals surface area contributed by atoms with Gasteiger partial charge in [-0.05, 0) is 18.2 Å². The van der Waals surface area contributed by atoms with Crippen molar-refractivity contribution in [2.75, 3.05) is 11.9 Å². The number of H-pyrrole nitrogens is 1. The van der Waals surface area contributed by atoms with E-state index in [-0.39, 0.29) is 5.82 Å². The van der Waals surface area contributed by atoms with Gasteiger partial charge in [-0.1, -0.05) is 11.3 Å². The van der Waals surface area contributed by atoms with Gasteiger partial charge in [0.15, 0.2) is 5.82 Å². The predicted octanol–water partition coefficient (Wildman–Crippen LogP) is 0.993. The van der Waals surface area contributed by atoms with Crippen molar-refractivity contribution >= 4 is 5.69 Å². The van der Waals surface area contributed by atoms with Gasteiger partial charge in [-0.25, -0.2) is 4.39 Å². The molecule has 5 nitrogen and oxygen atoms in total. The lowest BCUT2D eigenvalue weighted by Crippen LogP contribution is -2.06. The van der Waals surface area contributed by atoms with E-state index in [4.69, 9.17) is 0 Å². The van der Waals surface area contributed by atoms with Crippen molar-refractivity contribution in [1.29, 1.82) is 0 Å². The average molecular weight is 207 g/mol. The zero-order chi connectivity index (χ0) is 10.5. The summed E-state index contributed by atoms with van der Waals surface area (Å²) in [6.45, 7) is 0.642. The lowest BCUT2D eigenvalue weighted by molar-refractivity contribution is 0.628. The fourth-order valence-corrected chi connectivity index (χ4v) is 1.21. The van der Waals surface area contributed by atoms with Gasteiger partial charge in [0, 0.05) is 18.7 Å². The van der Waals surface area contributed by atoms with Crippen LogP contribution in [-0.4, -0.2) is 27.2 Å². The van der Waals surface area contributed by atoms with Crippen LogP contribution in [0.1, 0.15) is 5.82 Å². The van der Waals surface area contributed by atoms with Crippen LogP contribution in [0.5, 0.6) is 0 Å². The molecule has 0 amide bonds. The Bertz CT molecular complexity index is 414. The van der Waals surface area contributed by atoms with Gasteiger partial charge in [0.2, 0.25) is 0 Å². The van der Waals surface area contributed by atoms with E-state index in [0.717, 1.165) is 5.69 Å². The van der Waals surface area contributed by atoms with Crippen molar-refractivity contribution in [2.24, 2.45) is 0 Å². The first-order chi connectivity index (χ1) is 7.34. The van der Waals surface area contributed by atoms with Crippen LogP contribution in [0.4, 0.5) is 10.1 Å². The van der Waals surface area contributed by atoms with Gasteiger partial charge in [0.25, 0.3) is 0 Å². The summed E-state index contributed by atoms with van der Waals surface area (Å²) in [5.74, 6) is 0.387. The molecular formula is C9H10FN5. The van der Waals surface area contributed by atoms with Crippen LogP contribution in [0.25, 0.3) is 0 Å². The van der Waals surface area contributed by atoms with Gasteiger partial charge < -0.3 is 5.32 Å². The molecule has 0 atom stereocenters. The molecule has 0 spiro atoms. The van der Waals surface area contributed by atoms with E-state index in [1.54, 1.807) is 12.1 Å². The fraction of sp³-hybridized carbons (Fsp3) is 0.222. The standard InChI is InChI=1S/C9H10FN5/c10-7-2-1-3-8(6-7)11-5-4-9-12-14-15-13-9/h1-3,6,11H,4-5H2,(H,12,13,14,15). The van der Waals surface area contributed by atoms with Crippen LogP contribution in [0.2, 0.25) is 0 Å². The number of halogens is 1. The van der Waals surface area contributed by atoms with Crippen molar-refractivity contribution in [3.05, 3.63) is 35.9 Å². The summed E-state index contributed by atoms with van der Waals surface area (Å²) < 4.78 is 12.8. The Balaban J connectivity index is 1.83. The Morgan fingerprint density at radius 3 is 3.07 bits per heavy atom. The highest BCUT2D eigenvalue weighted by Crippen LogP contribution is 2.08. The van der Waals surface area contributed by atoms with Crippen LogP contribution in [0, 0.1) is 5.82 Å². The summed E-state index contributed by atoms with van der Waals surface area (Å²) in [7, 11) is 0. The zero-order valence-electron chi connectivity index (χ0n) is 7.94. The maximum atomic E-state index is 12.8. The molecule has 0 radical (unpaired) electrons. The van der Waals surface area contributed by atoms with Crippen LogP contribution >= 0.6 is 0 Å². The van der Waals surface area contributed by atoms with E-state index in [9.17, 15) is 4.39 Å². The van der Waals surface area contributed by atoms with Gasteiger partial charge >= 0.3 is 0 Å². The first-order valence-electron chi connectivity index (χ1n) is 4.56. The minimum Gasteiger partial charge on any atom is -0.385 e. The number of aromatic amines is 1. The second-order valence-electron chi connectivity index (χ2n) is 3.02. The van der Waals surface area contributed by atoms with Gasteiger partial charge in [-0.15, -0.1) is 10.2 Å².